The molecule has 0 fully saturated rings. The van der Waals surface area contributed by atoms with Crippen LogP contribution in [0.2, 0.25) is 0 Å². The first kappa shape index (κ1) is 29.9. The van der Waals surface area contributed by atoms with Gasteiger partial charge >= 0.3 is 0 Å². The number of hydrogen-bond acceptors (Lipinski definition) is 6. The maximum atomic E-state index is 6.69. The highest BCUT2D eigenvalue weighted by Crippen LogP contribution is 2.44. The summed E-state index contributed by atoms with van der Waals surface area (Å²) in [7, 11) is 0. The van der Waals surface area contributed by atoms with Crippen molar-refractivity contribution in [1.29, 1.82) is 0 Å². The molecule has 0 N–H and O–H groups in total. The highest BCUT2D eigenvalue weighted by molar-refractivity contribution is 6.22. The lowest BCUT2D eigenvalue weighted by molar-refractivity contribution is 0.668. The van der Waals surface area contributed by atoms with Crippen molar-refractivity contribution < 1.29 is 13.3 Å². The molecule has 12 rings (SSSR count). The molecule has 55 heavy (non-hydrogen) atoms. The first-order chi connectivity index (χ1) is 27.3. The number of nitrogens with zero attached hydrogens (tertiary/aromatic N) is 3. The Morgan fingerprint density at radius 2 is 0.800 bits per heavy atom. The van der Waals surface area contributed by atoms with Gasteiger partial charge < -0.3 is 13.3 Å². The van der Waals surface area contributed by atoms with Crippen LogP contribution in [0.25, 0.3) is 122 Å². The third-order valence-electron chi connectivity index (χ3n) is 10.7. The van der Waals surface area contributed by atoms with Crippen molar-refractivity contribution in [3.63, 3.8) is 0 Å². The van der Waals surface area contributed by atoms with Crippen LogP contribution in [0.5, 0.6) is 0 Å². The monoisotopic (exact) mass is 705 g/mol. The van der Waals surface area contributed by atoms with E-state index >= 15 is 0 Å². The first-order valence-corrected chi connectivity index (χ1v) is 18.3. The van der Waals surface area contributed by atoms with Crippen molar-refractivity contribution >= 4 is 76.6 Å². The van der Waals surface area contributed by atoms with Crippen LogP contribution in [0, 0.1) is 0 Å². The number of para-hydroxylation sites is 3. The van der Waals surface area contributed by atoms with Crippen LogP contribution in [0.4, 0.5) is 0 Å². The summed E-state index contributed by atoms with van der Waals surface area (Å²) in [6, 6.07) is 55.6. The molecule has 6 nitrogen and oxygen atoms in total. The summed E-state index contributed by atoms with van der Waals surface area (Å²) >= 11 is 0. The maximum Gasteiger partial charge on any atom is 0.167 e. The molecule has 4 heterocycles. The van der Waals surface area contributed by atoms with Gasteiger partial charge in [-0.05, 0) is 46.7 Å². The van der Waals surface area contributed by atoms with Crippen molar-refractivity contribution in [3.05, 3.63) is 164 Å². The lowest BCUT2D eigenvalue weighted by atomic mass is 9.99. The molecule has 0 radical (unpaired) electrons. The molecule has 0 saturated heterocycles. The zero-order chi connectivity index (χ0) is 36.0. The van der Waals surface area contributed by atoms with Gasteiger partial charge in [0, 0.05) is 49.0 Å². The minimum absolute atomic E-state index is 0.509. The highest BCUT2D eigenvalue weighted by atomic mass is 16.3. The summed E-state index contributed by atoms with van der Waals surface area (Å²) in [4.78, 5) is 15.9. The molecule has 0 saturated carbocycles. The van der Waals surface area contributed by atoms with Gasteiger partial charge in [0.2, 0.25) is 0 Å². The lowest BCUT2D eigenvalue weighted by Crippen LogP contribution is -2.01. The normalized spacial score (nSPS) is 12.0. The molecule has 0 aliphatic heterocycles. The molecular formula is C49H27N3O3. The Morgan fingerprint density at radius 3 is 1.55 bits per heavy atom. The van der Waals surface area contributed by atoms with E-state index in [2.05, 4.69) is 84.9 Å². The molecule has 0 amide bonds. The van der Waals surface area contributed by atoms with E-state index in [1.54, 1.807) is 0 Å². The second kappa shape index (κ2) is 11.5. The summed E-state index contributed by atoms with van der Waals surface area (Å²) in [5.74, 6) is 1.57. The summed E-state index contributed by atoms with van der Waals surface area (Å²) in [6.45, 7) is 0. The Kier molecular flexibility index (Phi) is 6.24. The molecule has 0 aliphatic rings. The van der Waals surface area contributed by atoms with Crippen LogP contribution in [0.3, 0.4) is 0 Å². The molecule has 8 aromatic carbocycles. The molecule has 4 aromatic heterocycles. The maximum absolute atomic E-state index is 6.69. The van der Waals surface area contributed by atoms with E-state index in [0.29, 0.717) is 17.5 Å². The van der Waals surface area contributed by atoms with Crippen molar-refractivity contribution in [2.24, 2.45) is 0 Å². The van der Waals surface area contributed by atoms with Gasteiger partial charge in [-0.15, -0.1) is 0 Å². The van der Waals surface area contributed by atoms with Gasteiger partial charge in [0.05, 0.1) is 5.56 Å². The summed E-state index contributed by atoms with van der Waals surface area (Å²) in [5, 5.41) is 8.14. The van der Waals surface area contributed by atoms with E-state index in [1.165, 1.54) is 0 Å². The Hall–Kier alpha value is -7.57. The number of fused-ring (bicyclic) bond motifs is 11. The highest BCUT2D eigenvalue weighted by Gasteiger charge is 2.24. The quantitative estimate of drug-likeness (QED) is 0.181. The summed E-state index contributed by atoms with van der Waals surface area (Å²) in [5.41, 5.74) is 9.29. The van der Waals surface area contributed by atoms with Crippen LogP contribution < -0.4 is 0 Å². The number of hydrogen-bond donors (Lipinski definition) is 0. The number of furan rings is 3. The van der Waals surface area contributed by atoms with Gasteiger partial charge in [-0.3, -0.25) is 0 Å². The molecule has 12 aromatic rings. The van der Waals surface area contributed by atoms with E-state index < -0.39 is 0 Å². The SMILES string of the molecule is c1ccc(-c2cccc3c2oc2cccc(-c4nc(-c5cc6ccccc6c6c5oc5ccccc56)nc(-c5cccc6oc7ccccc7c56)n4)c23)cc1. The number of rotatable bonds is 4. The van der Waals surface area contributed by atoms with Gasteiger partial charge in [-0.1, -0.05) is 133 Å². The van der Waals surface area contributed by atoms with Crippen molar-refractivity contribution in [2.75, 3.05) is 0 Å². The Bertz CT molecular complexity index is 3500. The van der Waals surface area contributed by atoms with Crippen LogP contribution in [0.1, 0.15) is 0 Å². The zero-order valence-corrected chi connectivity index (χ0v) is 29.2. The minimum atomic E-state index is 0.509. The fourth-order valence-corrected chi connectivity index (χ4v) is 8.32. The average Bonchev–Trinajstić information content (AvgIpc) is 3.95. The predicted molar refractivity (Wildman–Crippen MR) is 221 cm³/mol. The molecule has 6 heteroatoms. The Morgan fingerprint density at radius 1 is 0.309 bits per heavy atom. The molecule has 0 spiro atoms. The van der Waals surface area contributed by atoms with Gasteiger partial charge in [-0.25, -0.2) is 15.0 Å². The van der Waals surface area contributed by atoms with E-state index in [4.69, 9.17) is 28.2 Å². The minimum Gasteiger partial charge on any atom is -0.456 e. The fraction of sp³-hybridized carbons (Fsp3) is 0. The first-order valence-electron chi connectivity index (χ1n) is 18.3. The van der Waals surface area contributed by atoms with Crippen LogP contribution in [0.15, 0.2) is 177 Å². The van der Waals surface area contributed by atoms with E-state index in [0.717, 1.165) is 104 Å². The smallest absolute Gasteiger partial charge is 0.167 e. The Labute approximate surface area is 312 Å². The van der Waals surface area contributed by atoms with E-state index in [1.807, 2.05) is 78.9 Å². The third kappa shape index (κ3) is 4.46. The number of benzene rings is 8. The van der Waals surface area contributed by atoms with Crippen molar-refractivity contribution in [3.8, 4) is 45.3 Å². The molecule has 0 bridgehead atoms. The van der Waals surface area contributed by atoms with Crippen molar-refractivity contribution in [1.82, 2.24) is 15.0 Å². The molecular weight excluding hydrogens is 679 g/mol. The standard InChI is InChI=1S/C49H27N3O3/c1-2-13-28(14-3-1)31-19-10-20-34-43-36(22-12-26-41(43)55-45(31)34)48-50-47(35-21-11-25-40-42(35)32-17-6-8-23-38(32)53-40)51-49(52-48)37-27-29-15-4-5-16-30(29)44-33-18-7-9-24-39(33)54-46(37)44/h1-27H. The van der Waals surface area contributed by atoms with Crippen LogP contribution in [-0.2, 0) is 0 Å². The largest absolute Gasteiger partial charge is 0.456 e. The lowest BCUT2D eigenvalue weighted by Gasteiger charge is -2.11. The summed E-state index contributed by atoms with van der Waals surface area (Å²) < 4.78 is 19.7. The van der Waals surface area contributed by atoms with E-state index in [-0.39, 0.29) is 0 Å². The average molecular weight is 706 g/mol. The fourth-order valence-electron chi connectivity index (χ4n) is 8.32. The van der Waals surface area contributed by atoms with E-state index in [9.17, 15) is 0 Å². The summed E-state index contributed by atoms with van der Waals surface area (Å²) in [6.07, 6.45) is 0. The second-order valence-electron chi connectivity index (χ2n) is 13.9. The van der Waals surface area contributed by atoms with Gasteiger partial charge in [0.15, 0.2) is 17.5 Å². The van der Waals surface area contributed by atoms with Crippen LogP contribution >= 0.6 is 0 Å². The topological polar surface area (TPSA) is 78.1 Å². The third-order valence-corrected chi connectivity index (χ3v) is 10.7. The number of aromatic nitrogens is 3. The molecule has 0 unspecified atom stereocenters. The molecule has 256 valence electrons. The Balaban J connectivity index is 1.19. The van der Waals surface area contributed by atoms with Gasteiger partial charge in [-0.2, -0.15) is 0 Å². The van der Waals surface area contributed by atoms with Crippen molar-refractivity contribution in [2.45, 2.75) is 0 Å². The zero-order valence-electron chi connectivity index (χ0n) is 29.2. The second-order valence-corrected chi connectivity index (χ2v) is 13.9. The molecule has 0 atom stereocenters. The van der Waals surface area contributed by atoms with Gasteiger partial charge in [0.1, 0.15) is 33.5 Å². The molecule has 0 aliphatic carbocycles. The predicted octanol–water partition coefficient (Wildman–Crippen LogP) is 13.4. The van der Waals surface area contributed by atoms with Crippen LogP contribution in [-0.4, -0.2) is 15.0 Å². The van der Waals surface area contributed by atoms with Gasteiger partial charge in [0.25, 0.3) is 0 Å².